The van der Waals surface area contributed by atoms with Crippen molar-refractivity contribution in [2.24, 2.45) is 0 Å². The number of nitrogens with zero attached hydrogens (tertiary/aromatic N) is 1. The molecule has 0 atom stereocenters. The summed E-state index contributed by atoms with van der Waals surface area (Å²) in [6, 6.07) is 9.90. The highest BCUT2D eigenvalue weighted by Crippen LogP contribution is 2.23. The molecule has 0 aliphatic heterocycles. The zero-order valence-electron chi connectivity index (χ0n) is 11.5. The van der Waals surface area contributed by atoms with Gasteiger partial charge in [-0.25, -0.2) is 9.78 Å². The van der Waals surface area contributed by atoms with Crippen molar-refractivity contribution >= 4 is 25.2 Å². The van der Waals surface area contributed by atoms with Gasteiger partial charge in [0.25, 0.3) is 0 Å². The number of carbonyl (C=O) groups is 1. The van der Waals surface area contributed by atoms with E-state index in [1.807, 2.05) is 12.1 Å². The highest BCUT2D eigenvalue weighted by atomic mass is 32.1. The number of methoxy groups -OCH3 is 1. The highest BCUT2D eigenvalue weighted by Gasteiger charge is 2.12. The molecule has 2 N–H and O–H groups in total. The second-order valence-electron chi connectivity index (χ2n) is 4.21. The summed E-state index contributed by atoms with van der Waals surface area (Å²) >= 11 is 0. The zero-order chi connectivity index (χ0) is 13.8. The van der Waals surface area contributed by atoms with Crippen molar-refractivity contribution in [3.8, 4) is 11.1 Å². The molecule has 0 fully saturated rings. The van der Waals surface area contributed by atoms with E-state index >= 15 is 0 Å². The molecule has 0 aliphatic rings. The molecule has 20 heavy (non-hydrogen) atoms. The van der Waals surface area contributed by atoms with Gasteiger partial charge in [-0.2, -0.15) is 13.5 Å². The van der Waals surface area contributed by atoms with Gasteiger partial charge in [0.05, 0.1) is 12.8 Å². The van der Waals surface area contributed by atoms with Crippen molar-refractivity contribution in [1.29, 1.82) is 0 Å². The van der Waals surface area contributed by atoms with Crippen LogP contribution in [-0.2, 0) is 11.2 Å². The van der Waals surface area contributed by atoms with Crippen LogP contribution in [0.5, 0.6) is 0 Å². The Morgan fingerprint density at radius 1 is 1.30 bits per heavy atom. The molecule has 0 saturated heterocycles. The lowest BCUT2D eigenvalue weighted by Gasteiger charge is -2.07. The quantitative estimate of drug-likeness (QED) is 0.883. The maximum absolute atomic E-state index is 11.4. The van der Waals surface area contributed by atoms with Gasteiger partial charge in [0.15, 0.2) is 5.69 Å². The fourth-order valence-electron chi connectivity index (χ4n) is 1.88. The van der Waals surface area contributed by atoms with E-state index in [2.05, 4.69) is 28.8 Å². The number of aryl methyl sites for hydroxylation is 1. The largest absolute Gasteiger partial charge is 0.464 e. The third-order valence-corrected chi connectivity index (χ3v) is 2.96. The summed E-state index contributed by atoms with van der Waals surface area (Å²) < 4.78 is 4.62. The molecule has 2 aromatic rings. The Bertz CT molecular complexity index is 615. The van der Waals surface area contributed by atoms with Gasteiger partial charge in [-0.05, 0) is 23.6 Å². The number of benzene rings is 1. The minimum Gasteiger partial charge on any atom is -0.464 e. The number of aromatic nitrogens is 1. The third-order valence-electron chi connectivity index (χ3n) is 2.96. The van der Waals surface area contributed by atoms with Gasteiger partial charge in [-0.1, -0.05) is 31.2 Å². The molecule has 0 bridgehead atoms. The van der Waals surface area contributed by atoms with Crippen LogP contribution in [0.1, 0.15) is 23.0 Å². The van der Waals surface area contributed by atoms with Crippen LogP contribution in [0.25, 0.3) is 11.1 Å². The van der Waals surface area contributed by atoms with Gasteiger partial charge in [-0.3, -0.25) is 0 Å². The molecule has 0 radical (unpaired) electrons. The monoisotopic (exact) mass is 290 g/mol. The second kappa shape index (κ2) is 6.96. The molecule has 1 heterocycles. The first-order valence-corrected chi connectivity index (χ1v) is 6.09. The highest BCUT2D eigenvalue weighted by molar-refractivity contribution is 7.59. The number of esters is 1. The molecular weight excluding hydrogens is 272 g/mol. The summed E-state index contributed by atoms with van der Waals surface area (Å²) in [6.45, 7) is 2.10. The molecule has 1 aromatic carbocycles. The van der Waals surface area contributed by atoms with E-state index in [-0.39, 0.29) is 19.2 Å². The molecule has 0 amide bonds. The van der Waals surface area contributed by atoms with E-state index in [4.69, 9.17) is 5.73 Å². The Morgan fingerprint density at radius 2 is 2.05 bits per heavy atom. The van der Waals surface area contributed by atoms with Crippen LogP contribution in [0, 0.1) is 0 Å². The van der Waals surface area contributed by atoms with Crippen molar-refractivity contribution in [2.45, 2.75) is 13.3 Å². The first-order chi connectivity index (χ1) is 9.15. The van der Waals surface area contributed by atoms with Gasteiger partial charge >= 0.3 is 5.97 Å². The summed E-state index contributed by atoms with van der Waals surface area (Å²) in [7, 11) is 1.31. The van der Waals surface area contributed by atoms with E-state index in [0.29, 0.717) is 5.69 Å². The molecule has 1 aromatic heterocycles. The second-order valence-corrected chi connectivity index (χ2v) is 4.21. The standard InChI is InChI=1S/C15H16N2O2.H2S/c1-3-10-5-4-6-11(7-10)12-8-13(16)14(17-9-12)15(18)19-2;/h4-9H,3,16H2,1-2H3;1H2. The van der Waals surface area contributed by atoms with Gasteiger partial charge in [-0.15, -0.1) is 0 Å². The van der Waals surface area contributed by atoms with Crippen LogP contribution in [0.3, 0.4) is 0 Å². The molecule has 0 spiro atoms. The molecule has 0 saturated carbocycles. The van der Waals surface area contributed by atoms with Gasteiger partial charge in [0.1, 0.15) is 0 Å². The van der Waals surface area contributed by atoms with Crippen LogP contribution >= 0.6 is 13.5 Å². The lowest BCUT2D eigenvalue weighted by atomic mass is 10.0. The summed E-state index contributed by atoms with van der Waals surface area (Å²) in [6.07, 6.45) is 2.61. The number of nitrogen functional groups attached to an aromatic ring is 1. The molecule has 106 valence electrons. The van der Waals surface area contributed by atoms with E-state index < -0.39 is 5.97 Å². The van der Waals surface area contributed by atoms with Crippen LogP contribution in [-0.4, -0.2) is 18.1 Å². The first kappa shape index (κ1) is 16.0. The summed E-state index contributed by atoms with van der Waals surface area (Å²) in [4.78, 5) is 15.5. The van der Waals surface area contributed by atoms with Crippen molar-refractivity contribution in [2.75, 3.05) is 12.8 Å². The molecule has 5 heteroatoms. The average Bonchev–Trinajstić information content (AvgIpc) is 2.46. The molecule has 0 aliphatic carbocycles. The van der Waals surface area contributed by atoms with E-state index in [0.717, 1.165) is 17.5 Å². The lowest BCUT2D eigenvalue weighted by Crippen LogP contribution is -2.08. The van der Waals surface area contributed by atoms with Gasteiger partial charge < -0.3 is 10.5 Å². The maximum Gasteiger partial charge on any atom is 0.358 e. The number of nitrogens with two attached hydrogens (primary N) is 1. The predicted octanol–water partition coefficient (Wildman–Crippen LogP) is 2.79. The Labute approximate surface area is 125 Å². The number of hydrogen-bond acceptors (Lipinski definition) is 4. The smallest absolute Gasteiger partial charge is 0.358 e. The van der Waals surface area contributed by atoms with Crippen molar-refractivity contribution in [3.63, 3.8) is 0 Å². The van der Waals surface area contributed by atoms with E-state index in [1.165, 1.54) is 12.7 Å². The lowest BCUT2D eigenvalue weighted by molar-refractivity contribution is 0.0595. The normalized spacial score (nSPS) is 9.70. The van der Waals surface area contributed by atoms with Gasteiger partial charge in [0.2, 0.25) is 0 Å². The number of hydrogen-bond donors (Lipinski definition) is 1. The van der Waals surface area contributed by atoms with E-state index in [1.54, 1.807) is 12.3 Å². The summed E-state index contributed by atoms with van der Waals surface area (Å²) in [5, 5.41) is 0. The van der Waals surface area contributed by atoms with Crippen LogP contribution < -0.4 is 5.73 Å². The Balaban J connectivity index is 0.00000200. The minimum absolute atomic E-state index is 0. The molecule has 4 nitrogen and oxygen atoms in total. The summed E-state index contributed by atoms with van der Waals surface area (Å²) in [5.74, 6) is -0.522. The fourth-order valence-corrected chi connectivity index (χ4v) is 1.88. The van der Waals surface area contributed by atoms with E-state index in [9.17, 15) is 4.79 Å². The van der Waals surface area contributed by atoms with Crippen molar-refractivity contribution in [1.82, 2.24) is 4.98 Å². The van der Waals surface area contributed by atoms with Crippen molar-refractivity contribution in [3.05, 3.63) is 47.8 Å². The maximum atomic E-state index is 11.4. The number of anilines is 1. The van der Waals surface area contributed by atoms with Gasteiger partial charge in [0, 0.05) is 11.8 Å². The first-order valence-electron chi connectivity index (χ1n) is 6.09. The van der Waals surface area contributed by atoms with Crippen LogP contribution in [0.4, 0.5) is 5.69 Å². The SMILES string of the molecule is CCc1cccc(-c2cnc(C(=O)OC)c(N)c2)c1.S. The topological polar surface area (TPSA) is 65.2 Å². The minimum atomic E-state index is -0.522. The number of carbonyl (C=O) groups excluding carboxylic acids is 1. The fraction of sp³-hybridized carbons (Fsp3) is 0.200. The van der Waals surface area contributed by atoms with Crippen molar-refractivity contribution < 1.29 is 9.53 Å². The molecular formula is C15H18N2O2S. The van der Waals surface area contributed by atoms with Crippen LogP contribution in [0.2, 0.25) is 0 Å². The number of rotatable bonds is 3. The zero-order valence-corrected chi connectivity index (χ0v) is 12.5. The Hall–Kier alpha value is -2.01. The Kier molecular flexibility index (Phi) is 5.58. The number of ether oxygens (including phenoxy) is 1. The number of pyridine rings is 1. The molecule has 0 unspecified atom stereocenters. The molecule has 2 rings (SSSR count). The summed E-state index contributed by atoms with van der Waals surface area (Å²) in [5.41, 5.74) is 9.49. The average molecular weight is 290 g/mol. The Morgan fingerprint density at radius 3 is 2.65 bits per heavy atom. The van der Waals surface area contributed by atoms with Crippen LogP contribution in [0.15, 0.2) is 36.5 Å². The third kappa shape index (κ3) is 3.30. The predicted molar refractivity (Wildman–Crippen MR) is 85.2 cm³/mol.